The van der Waals surface area contributed by atoms with E-state index in [4.69, 9.17) is 9.72 Å². The molecule has 2 aliphatic rings. The number of anilines is 1. The van der Waals surface area contributed by atoms with Gasteiger partial charge in [-0.05, 0) is 61.3 Å². The van der Waals surface area contributed by atoms with E-state index >= 15 is 0 Å². The predicted molar refractivity (Wildman–Crippen MR) is 145 cm³/mol. The number of fused-ring (bicyclic) bond motifs is 2. The Balaban J connectivity index is 1.09. The lowest BCUT2D eigenvalue weighted by Crippen LogP contribution is -2.55. The van der Waals surface area contributed by atoms with Crippen LogP contribution in [0.5, 0.6) is 0 Å². The van der Waals surface area contributed by atoms with Crippen molar-refractivity contribution >= 4 is 22.7 Å². The van der Waals surface area contributed by atoms with Gasteiger partial charge in [0.1, 0.15) is 11.9 Å². The lowest BCUT2D eigenvalue weighted by molar-refractivity contribution is -0.150. The lowest BCUT2D eigenvalue weighted by Gasteiger charge is -2.42. The molecule has 37 heavy (non-hydrogen) atoms. The van der Waals surface area contributed by atoms with E-state index in [1.807, 2.05) is 34.8 Å². The number of hydrogen-bond donors (Lipinski definition) is 2. The summed E-state index contributed by atoms with van der Waals surface area (Å²) in [6.07, 6.45) is 6.59. The zero-order valence-corrected chi connectivity index (χ0v) is 22.2. The van der Waals surface area contributed by atoms with Gasteiger partial charge in [-0.3, -0.25) is 14.4 Å². The van der Waals surface area contributed by atoms with Gasteiger partial charge in [-0.25, -0.2) is 4.98 Å². The van der Waals surface area contributed by atoms with Crippen LogP contribution in [0.4, 0.5) is 5.82 Å². The molecule has 0 spiro atoms. The molecule has 0 radical (unpaired) electrons. The number of likely N-dealkylation sites (tertiary alicyclic amines) is 1. The molecule has 0 amide bonds. The predicted octanol–water partition coefficient (Wildman–Crippen LogP) is 4.69. The Morgan fingerprint density at radius 1 is 1.19 bits per heavy atom. The second-order valence-corrected chi connectivity index (χ2v) is 10.7. The highest BCUT2D eigenvalue weighted by atomic mass is 16.5. The van der Waals surface area contributed by atoms with Crippen LogP contribution < -0.4 is 5.32 Å². The lowest BCUT2D eigenvalue weighted by atomic mass is 9.94. The van der Waals surface area contributed by atoms with E-state index in [-0.39, 0.29) is 12.0 Å². The van der Waals surface area contributed by atoms with Gasteiger partial charge in [0, 0.05) is 44.4 Å². The number of carboxylic acid groups (broad SMARTS) is 1. The summed E-state index contributed by atoms with van der Waals surface area (Å²) in [5.41, 5.74) is 5.25. The first-order chi connectivity index (χ1) is 17.9. The molecule has 0 saturated carbocycles. The summed E-state index contributed by atoms with van der Waals surface area (Å²) in [7, 11) is 1.92. The third-order valence-electron chi connectivity index (χ3n) is 7.64. The number of ether oxygens (including phenoxy) is 1. The molecule has 0 bridgehead atoms. The van der Waals surface area contributed by atoms with Gasteiger partial charge >= 0.3 is 5.97 Å². The molecule has 4 heterocycles. The van der Waals surface area contributed by atoms with E-state index in [2.05, 4.69) is 36.4 Å². The Kier molecular flexibility index (Phi) is 7.76. The highest BCUT2D eigenvalue weighted by Crippen LogP contribution is 2.36. The van der Waals surface area contributed by atoms with Crippen LogP contribution in [-0.2, 0) is 29.4 Å². The number of aryl methyl sites for hydroxylation is 3. The van der Waals surface area contributed by atoms with Crippen LogP contribution in [0.1, 0.15) is 74.0 Å². The number of nitrogens with one attached hydrogen (secondary N) is 1. The first kappa shape index (κ1) is 25.7. The van der Waals surface area contributed by atoms with E-state index in [9.17, 15) is 9.90 Å². The molecule has 8 heteroatoms. The van der Waals surface area contributed by atoms with Crippen LogP contribution in [0.15, 0.2) is 30.3 Å². The number of benzene rings is 1. The number of hydrogen-bond acceptors (Lipinski definition) is 6. The van der Waals surface area contributed by atoms with Crippen molar-refractivity contribution in [2.75, 3.05) is 31.6 Å². The second-order valence-electron chi connectivity index (χ2n) is 10.7. The van der Waals surface area contributed by atoms with E-state index in [0.717, 1.165) is 72.3 Å². The molecule has 5 rings (SSSR count). The molecule has 2 aliphatic heterocycles. The fraction of sp³-hybridized carbons (Fsp3) is 0.552. The first-order valence-electron chi connectivity index (χ1n) is 13.7. The van der Waals surface area contributed by atoms with Gasteiger partial charge in [-0.15, -0.1) is 0 Å². The van der Waals surface area contributed by atoms with E-state index in [1.165, 1.54) is 12.0 Å². The third-order valence-corrected chi connectivity index (χ3v) is 7.64. The van der Waals surface area contributed by atoms with Crippen LogP contribution in [0.2, 0.25) is 0 Å². The highest BCUT2D eigenvalue weighted by molar-refractivity contribution is 5.91. The minimum atomic E-state index is -0.824. The molecule has 1 unspecified atom stereocenters. The van der Waals surface area contributed by atoms with Crippen LogP contribution >= 0.6 is 0 Å². The first-order valence-corrected chi connectivity index (χ1v) is 13.7. The molecular formula is C29H39N5O3. The average molecular weight is 506 g/mol. The van der Waals surface area contributed by atoms with Crippen molar-refractivity contribution in [3.05, 3.63) is 52.8 Å². The maximum absolute atomic E-state index is 12.4. The van der Waals surface area contributed by atoms with Gasteiger partial charge in [0.05, 0.1) is 17.3 Å². The van der Waals surface area contributed by atoms with Gasteiger partial charge in [0.25, 0.3) is 0 Å². The van der Waals surface area contributed by atoms with Crippen molar-refractivity contribution in [3.63, 3.8) is 0 Å². The second kappa shape index (κ2) is 11.2. The summed E-state index contributed by atoms with van der Waals surface area (Å²) < 4.78 is 7.93. The summed E-state index contributed by atoms with van der Waals surface area (Å²) >= 11 is 0. The summed E-state index contributed by atoms with van der Waals surface area (Å²) in [4.78, 5) is 19.2. The van der Waals surface area contributed by atoms with Crippen LogP contribution in [0, 0.1) is 0 Å². The van der Waals surface area contributed by atoms with Crippen LogP contribution in [0.25, 0.3) is 10.9 Å². The minimum Gasteiger partial charge on any atom is -0.480 e. The number of carbonyl (C=O) groups is 1. The summed E-state index contributed by atoms with van der Waals surface area (Å²) in [6.45, 7) is 7.20. The maximum Gasteiger partial charge on any atom is 0.325 e. The molecule has 1 fully saturated rings. The van der Waals surface area contributed by atoms with Gasteiger partial charge in [0.15, 0.2) is 0 Å². The van der Waals surface area contributed by atoms with Gasteiger partial charge < -0.3 is 15.2 Å². The zero-order valence-electron chi connectivity index (χ0n) is 22.2. The van der Waals surface area contributed by atoms with Crippen molar-refractivity contribution in [3.8, 4) is 0 Å². The van der Waals surface area contributed by atoms with Crippen molar-refractivity contribution < 1.29 is 14.6 Å². The molecule has 2 N–H and O–H groups in total. The molecule has 198 valence electrons. The third kappa shape index (κ3) is 5.50. The Hall–Kier alpha value is -2.97. The Bertz CT molecular complexity index is 1250. The fourth-order valence-corrected chi connectivity index (χ4v) is 5.62. The van der Waals surface area contributed by atoms with Crippen molar-refractivity contribution in [2.45, 2.75) is 70.4 Å². The van der Waals surface area contributed by atoms with Crippen LogP contribution in [-0.4, -0.2) is 63.1 Å². The summed E-state index contributed by atoms with van der Waals surface area (Å²) in [5.74, 6) is 0.462. The number of nitrogens with zero attached hydrogens (tertiary/aromatic N) is 4. The number of pyridine rings is 1. The topological polar surface area (TPSA) is 92.5 Å². The largest absolute Gasteiger partial charge is 0.480 e. The summed E-state index contributed by atoms with van der Waals surface area (Å²) in [6, 6.07) is 9.58. The maximum atomic E-state index is 12.4. The quantitative estimate of drug-likeness (QED) is 0.365. The van der Waals surface area contributed by atoms with Gasteiger partial charge in [0.2, 0.25) is 0 Å². The van der Waals surface area contributed by atoms with E-state index < -0.39 is 12.0 Å². The fourth-order valence-electron chi connectivity index (χ4n) is 5.62. The highest BCUT2D eigenvalue weighted by Gasteiger charge is 2.39. The van der Waals surface area contributed by atoms with E-state index in [0.29, 0.717) is 19.7 Å². The molecule has 1 saturated heterocycles. The van der Waals surface area contributed by atoms with Crippen LogP contribution in [0.3, 0.4) is 0 Å². The standard InChI is InChI=1S/C29H39N5O3/c1-19(2)26-25-23(11-7-12-24(25)33(3)32-26)27(29(35)36)34-17-22(18-34)37-16-6-4-5-10-21-14-13-20-9-8-15-30-28(20)31-21/h7,11-14,19,22,27H,4-6,8-10,15-18H2,1-3H3,(H,30,31)(H,35,36). The Labute approximate surface area is 219 Å². The number of aromatic nitrogens is 3. The normalized spacial score (nSPS) is 17.0. The van der Waals surface area contributed by atoms with Crippen molar-refractivity contribution in [1.29, 1.82) is 0 Å². The molecule has 1 aromatic carbocycles. The number of carboxylic acids is 1. The SMILES string of the molecule is CC(C)c1nn(C)c2cccc(C(C(=O)O)N3CC(OCCCCCc4ccc5c(n4)NCCC5)C3)c12. The van der Waals surface area contributed by atoms with Gasteiger partial charge in [-0.2, -0.15) is 5.10 Å². The minimum absolute atomic E-state index is 0.0907. The zero-order chi connectivity index (χ0) is 25.9. The monoisotopic (exact) mass is 505 g/mol. The van der Waals surface area contributed by atoms with Crippen molar-refractivity contribution in [1.82, 2.24) is 19.7 Å². The Morgan fingerprint density at radius 3 is 2.81 bits per heavy atom. The molecular weight excluding hydrogens is 466 g/mol. The molecule has 1 atom stereocenters. The molecule has 0 aliphatic carbocycles. The number of aliphatic carboxylic acids is 1. The van der Waals surface area contributed by atoms with Crippen molar-refractivity contribution in [2.24, 2.45) is 7.05 Å². The summed E-state index contributed by atoms with van der Waals surface area (Å²) in [5, 5.41) is 19.2. The van der Waals surface area contributed by atoms with Gasteiger partial charge in [-0.1, -0.05) is 38.5 Å². The molecule has 3 aromatic rings. The van der Waals surface area contributed by atoms with E-state index in [1.54, 1.807) is 0 Å². The molecule has 2 aromatic heterocycles. The molecule has 8 nitrogen and oxygen atoms in total. The number of unbranched alkanes of at least 4 members (excludes halogenated alkanes) is 2. The Morgan fingerprint density at radius 2 is 2.03 bits per heavy atom. The average Bonchev–Trinajstić information content (AvgIpc) is 3.21. The smallest absolute Gasteiger partial charge is 0.325 e. The number of rotatable bonds is 11.